The molecule has 0 bridgehead atoms. The van der Waals surface area contributed by atoms with Gasteiger partial charge in [-0.25, -0.2) is 0 Å². The average Bonchev–Trinajstić information content (AvgIpc) is 2.12. The van der Waals surface area contributed by atoms with Gasteiger partial charge in [-0.1, -0.05) is 60.2 Å². The third-order valence-electron chi connectivity index (χ3n) is 3.55. The lowest BCUT2D eigenvalue weighted by Gasteiger charge is -2.26. The van der Waals surface area contributed by atoms with Crippen LogP contribution in [0.25, 0.3) is 0 Å². The zero-order valence-electron chi connectivity index (χ0n) is 12.3. The highest BCUT2D eigenvalue weighted by molar-refractivity contribution is 6.76. The number of carbonyl (C=O) groups excluding carboxylic acids is 1. The molecule has 0 fully saturated rings. The van der Waals surface area contributed by atoms with Crippen LogP contribution < -0.4 is 0 Å². The van der Waals surface area contributed by atoms with Gasteiger partial charge in [0.1, 0.15) is 0 Å². The Hall–Kier alpha value is -0.265. The molecule has 1 nitrogen and oxygen atoms in total. The predicted octanol–water partition coefficient (Wildman–Crippen LogP) is 3.88. The molecule has 0 aliphatic rings. The summed E-state index contributed by atoms with van der Waals surface area (Å²) >= 11 is 0. The molecule has 0 aromatic heterocycles. The maximum atomic E-state index is 12.3. The number of carbonyl (C=O) groups is 1. The molecule has 94 valence electrons. The summed E-state index contributed by atoms with van der Waals surface area (Å²) in [7, 11) is 0.735. The molecule has 0 saturated heterocycles. The zero-order chi connectivity index (χ0) is 12.9. The fraction of sp³-hybridized carbons (Fsp3) is 0.929. The molecule has 1 unspecified atom stereocenters. The Labute approximate surface area is 103 Å². The molecule has 16 heavy (non-hydrogen) atoms. The highest BCUT2D eigenvalue weighted by Crippen LogP contribution is 2.30. The van der Waals surface area contributed by atoms with Crippen molar-refractivity contribution < 1.29 is 4.79 Å². The molecule has 0 heterocycles. The van der Waals surface area contributed by atoms with Crippen molar-refractivity contribution in [2.45, 2.75) is 66.6 Å². The van der Waals surface area contributed by atoms with Gasteiger partial charge in [0.25, 0.3) is 0 Å². The van der Waals surface area contributed by atoms with Gasteiger partial charge in [0.05, 0.1) is 5.68 Å². The SMILES string of the molecule is CCC(C)(C)BC(=O)C(CC(C)C)C(C)C. The fourth-order valence-corrected chi connectivity index (χ4v) is 2.01. The van der Waals surface area contributed by atoms with Gasteiger partial charge in [0.2, 0.25) is 7.28 Å². The van der Waals surface area contributed by atoms with Gasteiger partial charge in [-0.05, 0) is 18.3 Å². The van der Waals surface area contributed by atoms with E-state index in [2.05, 4.69) is 48.5 Å². The Morgan fingerprint density at radius 2 is 1.69 bits per heavy atom. The minimum Gasteiger partial charge on any atom is -0.311 e. The van der Waals surface area contributed by atoms with Crippen molar-refractivity contribution in [3.8, 4) is 0 Å². The molecular formula is C14H29BO. The molecule has 0 N–H and O–H groups in total. The lowest BCUT2D eigenvalue weighted by molar-refractivity contribution is -0.117. The fourth-order valence-electron chi connectivity index (χ4n) is 2.01. The Morgan fingerprint density at radius 3 is 2.00 bits per heavy atom. The standard InChI is InChI=1S/C14H29BO/c1-8-14(6,7)15-13(16)12(11(4)5)9-10(2)3/h10-12,15H,8-9H2,1-7H3. The van der Waals surface area contributed by atoms with Crippen molar-refractivity contribution in [1.29, 1.82) is 0 Å². The van der Waals surface area contributed by atoms with Gasteiger partial charge in [0.15, 0.2) is 0 Å². The van der Waals surface area contributed by atoms with E-state index < -0.39 is 0 Å². The summed E-state index contributed by atoms with van der Waals surface area (Å²) in [6.07, 6.45) is 2.11. The first-order valence-electron chi connectivity index (χ1n) is 6.72. The van der Waals surface area contributed by atoms with Crippen LogP contribution in [0, 0.1) is 17.8 Å². The number of hydrogen-bond donors (Lipinski definition) is 0. The Morgan fingerprint density at radius 1 is 1.19 bits per heavy atom. The summed E-state index contributed by atoms with van der Waals surface area (Å²) in [5.41, 5.74) is 0.468. The lowest BCUT2D eigenvalue weighted by Crippen LogP contribution is -2.31. The van der Waals surface area contributed by atoms with E-state index in [1.807, 2.05) is 0 Å². The van der Waals surface area contributed by atoms with Crippen molar-refractivity contribution in [1.82, 2.24) is 0 Å². The normalized spacial score (nSPS) is 14.3. The van der Waals surface area contributed by atoms with E-state index in [-0.39, 0.29) is 11.2 Å². The second-order valence-corrected chi connectivity index (χ2v) is 6.64. The van der Waals surface area contributed by atoms with E-state index in [4.69, 9.17) is 0 Å². The topological polar surface area (TPSA) is 17.1 Å². The maximum absolute atomic E-state index is 12.3. The summed E-state index contributed by atoms with van der Waals surface area (Å²) in [6, 6.07) is 0. The molecular weight excluding hydrogens is 195 g/mol. The molecule has 0 saturated carbocycles. The molecule has 0 aromatic carbocycles. The van der Waals surface area contributed by atoms with Crippen molar-refractivity contribution >= 4 is 13.0 Å². The third-order valence-corrected chi connectivity index (χ3v) is 3.55. The van der Waals surface area contributed by atoms with Crippen LogP contribution in [0.2, 0.25) is 5.31 Å². The smallest absolute Gasteiger partial charge is 0.211 e. The Bertz CT molecular complexity index is 219. The van der Waals surface area contributed by atoms with E-state index in [0.717, 1.165) is 20.1 Å². The number of rotatable bonds is 7. The van der Waals surface area contributed by atoms with E-state index >= 15 is 0 Å². The van der Waals surface area contributed by atoms with Gasteiger partial charge in [-0.15, -0.1) is 0 Å². The first-order chi connectivity index (χ1) is 7.19. The Balaban J connectivity index is 4.51. The molecule has 0 aliphatic carbocycles. The van der Waals surface area contributed by atoms with Crippen LogP contribution in [-0.2, 0) is 4.79 Å². The molecule has 0 spiro atoms. The minimum atomic E-state index is 0.168. The summed E-state index contributed by atoms with van der Waals surface area (Å²) in [5, 5.41) is 0.168. The van der Waals surface area contributed by atoms with Crippen LogP contribution in [0.15, 0.2) is 0 Å². The average molecular weight is 224 g/mol. The van der Waals surface area contributed by atoms with Gasteiger partial charge >= 0.3 is 0 Å². The largest absolute Gasteiger partial charge is 0.311 e. The van der Waals surface area contributed by atoms with E-state index in [1.165, 1.54) is 0 Å². The number of hydrogen-bond acceptors (Lipinski definition) is 1. The van der Waals surface area contributed by atoms with E-state index in [9.17, 15) is 4.79 Å². The summed E-state index contributed by atoms with van der Waals surface area (Å²) in [6.45, 7) is 15.3. The van der Waals surface area contributed by atoms with Gasteiger partial charge in [-0.3, -0.25) is 0 Å². The van der Waals surface area contributed by atoms with E-state index in [1.54, 1.807) is 0 Å². The van der Waals surface area contributed by atoms with Gasteiger partial charge in [-0.2, -0.15) is 0 Å². The monoisotopic (exact) mass is 224 g/mol. The van der Waals surface area contributed by atoms with Crippen LogP contribution in [0.5, 0.6) is 0 Å². The molecule has 0 radical (unpaired) electrons. The summed E-state index contributed by atoms with van der Waals surface area (Å²) < 4.78 is 0. The predicted molar refractivity (Wildman–Crippen MR) is 74.3 cm³/mol. The Kier molecular flexibility index (Phi) is 6.36. The first kappa shape index (κ1) is 15.7. The van der Waals surface area contributed by atoms with Crippen molar-refractivity contribution in [2.24, 2.45) is 17.8 Å². The molecule has 0 amide bonds. The lowest BCUT2D eigenvalue weighted by atomic mass is 9.47. The van der Waals surface area contributed by atoms with Crippen LogP contribution in [0.4, 0.5) is 0 Å². The zero-order valence-corrected chi connectivity index (χ0v) is 12.3. The van der Waals surface area contributed by atoms with Crippen LogP contribution in [0.3, 0.4) is 0 Å². The highest BCUT2D eigenvalue weighted by atomic mass is 16.1. The molecule has 0 aliphatic heterocycles. The van der Waals surface area contributed by atoms with E-state index in [0.29, 0.717) is 17.5 Å². The van der Waals surface area contributed by atoms with Crippen molar-refractivity contribution in [3.63, 3.8) is 0 Å². The van der Waals surface area contributed by atoms with Crippen molar-refractivity contribution in [2.75, 3.05) is 0 Å². The minimum absolute atomic E-state index is 0.168. The van der Waals surface area contributed by atoms with Gasteiger partial charge < -0.3 is 4.79 Å². The third kappa shape index (κ3) is 5.72. The molecule has 2 heteroatoms. The summed E-state index contributed by atoms with van der Waals surface area (Å²) in [4.78, 5) is 12.3. The van der Waals surface area contributed by atoms with Crippen LogP contribution in [0.1, 0.15) is 61.3 Å². The maximum Gasteiger partial charge on any atom is 0.211 e. The molecule has 0 rings (SSSR count). The van der Waals surface area contributed by atoms with Gasteiger partial charge in [0, 0.05) is 5.92 Å². The highest BCUT2D eigenvalue weighted by Gasteiger charge is 2.29. The molecule has 0 aromatic rings. The molecule has 1 atom stereocenters. The summed E-state index contributed by atoms with van der Waals surface area (Å²) in [5.74, 6) is 1.34. The second-order valence-electron chi connectivity index (χ2n) is 6.64. The quantitative estimate of drug-likeness (QED) is 0.600. The second kappa shape index (κ2) is 6.47. The first-order valence-corrected chi connectivity index (χ1v) is 6.72. The van der Waals surface area contributed by atoms with Crippen LogP contribution >= 0.6 is 0 Å². The van der Waals surface area contributed by atoms with Crippen LogP contribution in [-0.4, -0.2) is 13.0 Å². The van der Waals surface area contributed by atoms with Crippen molar-refractivity contribution in [3.05, 3.63) is 0 Å².